The first-order valence-corrected chi connectivity index (χ1v) is 8.84. The Kier molecular flexibility index (Phi) is 5.18. The fourth-order valence-corrected chi connectivity index (χ4v) is 3.23. The number of furan rings is 1. The normalized spacial score (nSPS) is 10.6. The van der Waals surface area contributed by atoms with E-state index in [1.165, 1.54) is 41.9 Å². The third-order valence-corrected chi connectivity index (χ3v) is 5.04. The van der Waals surface area contributed by atoms with Gasteiger partial charge in [-0.05, 0) is 49.7 Å². The number of anilines is 2. The van der Waals surface area contributed by atoms with Crippen LogP contribution in [-0.4, -0.2) is 11.8 Å². The van der Waals surface area contributed by atoms with Crippen LogP contribution >= 0.6 is 11.3 Å². The number of thiophene rings is 1. The molecule has 0 spiro atoms. The van der Waals surface area contributed by atoms with Crippen molar-refractivity contribution in [3.8, 4) is 0 Å². The van der Waals surface area contributed by atoms with Crippen LogP contribution in [0.4, 0.5) is 15.8 Å². The molecule has 26 heavy (non-hydrogen) atoms. The summed E-state index contributed by atoms with van der Waals surface area (Å²) in [5.41, 5.74) is 0.695. The summed E-state index contributed by atoms with van der Waals surface area (Å²) in [5, 5.41) is 5.22. The maximum absolute atomic E-state index is 14.0. The second-order valence-corrected chi connectivity index (χ2v) is 6.78. The number of amides is 2. The van der Waals surface area contributed by atoms with Gasteiger partial charge in [0.2, 0.25) is 0 Å². The van der Waals surface area contributed by atoms with Gasteiger partial charge in [0.25, 0.3) is 11.8 Å². The molecular weight excluding hydrogens is 355 g/mol. The highest BCUT2D eigenvalue weighted by molar-refractivity contribution is 7.14. The Morgan fingerprint density at radius 2 is 1.92 bits per heavy atom. The minimum Gasteiger partial charge on any atom is -0.469 e. The number of nitrogens with one attached hydrogen (secondary N) is 2. The highest BCUT2D eigenvalue weighted by Crippen LogP contribution is 2.23. The van der Waals surface area contributed by atoms with Crippen LogP contribution < -0.4 is 10.6 Å². The lowest BCUT2D eigenvalue weighted by Gasteiger charge is -2.09. The van der Waals surface area contributed by atoms with Crippen LogP contribution in [0.3, 0.4) is 0 Å². The highest BCUT2D eigenvalue weighted by atomic mass is 32.1. The molecule has 0 radical (unpaired) electrons. The first-order valence-electron chi connectivity index (χ1n) is 8.03. The Balaban J connectivity index is 1.76. The van der Waals surface area contributed by atoms with Crippen LogP contribution in [0.5, 0.6) is 0 Å². The summed E-state index contributed by atoms with van der Waals surface area (Å²) < 4.78 is 19.1. The van der Waals surface area contributed by atoms with Crippen LogP contribution in [0.15, 0.2) is 47.1 Å². The van der Waals surface area contributed by atoms with Crippen LogP contribution in [0.1, 0.15) is 37.6 Å². The zero-order valence-electron chi connectivity index (χ0n) is 14.3. The van der Waals surface area contributed by atoms with Crippen molar-refractivity contribution in [2.45, 2.75) is 20.3 Å². The Bertz CT molecular complexity index is 961. The number of aryl methyl sites for hydroxylation is 2. The summed E-state index contributed by atoms with van der Waals surface area (Å²) in [7, 11) is 0. The Morgan fingerprint density at radius 3 is 2.58 bits per heavy atom. The number of benzene rings is 1. The van der Waals surface area contributed by atoms with Crippen LogP contribution in [0, 0.1) is 12.7 Å². The lowest BCUT2D eigenvalue weighted by atomic mass is 10.2. The van der Waals surface area contributed by atoms with Gasteiger partial charge < -0.3 is 15.1 Å². The molecule has 2 aromatic heterocycles. The molecule has 3 aromatic rings. The molecule has 3 rings (SSSR count). The van der Waals surface area contributed by atoms with Gasteiger partial charge in [-0.2, -0.15) is 0 Å². The average molecular weight is 372 g/mol. The lowest BCUT2D eigenvalue weighted by molar-refractivity contribution is 0.102. The van der Waals surface area contributed by atoms with Gasteiger partial charge in [0.15, 0.2) is 0 Å². The van der Waals surface area contributed by atoms with Crippen molar-refractivity contribution in [3.63, 3.8) is 0 Å². The summed E-state index contributed by atoms with van der Waals surface area (Å²) in [4.78, 5) is 26.2. The smallest absolute Gasteiger partial charge is 0.265 e. The molecule has 0 bridgehead atoms. The van der Waals surface area contributed by atoms with E-state index in [0.29, 0.717) is 21.9 Å². The van der Waals surface area contributed by atoms with Gasteiger partial charge in [-0.1, -0.05) is 6.92 Å². The molecule has 134 valence electrons. The standard InChI is InChI=1S/C19H17FN2O3S/c1-3-13-5-7-17(26-13)19(24)21-12-4-6-15(20)16(10-12)22-18(23)14-8-9-25-11(14)2/h4-10H,3H2,1-2H3,(H,21,24)(H,22,23). The lowest BCUT2D eigenvalue weighted by Crippen LogP contribution is -2.14. The van der Waals surface area contributed by atoms with Gasteiger partial charge in [-0.25, -0.2) is 4.39 Å². The molecule has 1 aromatic carbocycles. The molecule has 5 nitrogen and oxygen atoms in total. The van der Waals surface area contributed by atoms with Crippen LogP contribution in [-0.2, 0) is 6.42 Å². The van der Waals surface area contributed by atoms with Crippen molar-refractivity contribution in [3.05, 3.63) is 69.6 Å². The number of hydrogen-bond acceptors (Lipinski definition) is 4. The molecule has 0 aliphatic rings. The van der Waals surface area contributed by atoms with Gasteiger partial charge in [-0.15, -0.1) is 11.3 Å². The molecule has 2 N–H and O–H groups in total. The summed E-state index contributed by atoms with van der Waals surface area (Å²) >= 11 is 1.41. The molecule has 0 atom stereocenters. The predicted octanol–water partition coefficient (Wildman–Crippen LogP) is 4.86. The molecule has 0 aliphatic heterocycles. The van der Waals surface area contributed by atoms with E-state index >= 15 is 0 Å². The van der Waals surface area contributed by atoms with E-state index < -0.39 is 11.7 Å². The van der Waals surface area contributed by atoms with Crippen molar-refractivity contribution in [2.24, 2.45) is 0 Å². The van der Waals surface area contributed by atoms with Gasteiger partial charge >= 0.3 is 0 Å². The molecule has 0 fully saturated rings. The monoisotopic (exact) mass is 372 g/mol. The first kappa shape index (κ1) is 17.9. The van der Waals surface area contributed by atoms with Gasteiger partial charge in [0, 0.05) is 10.6 Å². The highest BCUT2D eigenvalue weighted by Gasteiger charge is 2.15. The molecule has 0 aliphatic carbocycles. The number of hydrogen-bond donors (Lipinski definition) is 2. The van der Waals surface area contributed by atoms with Crippen molar-refractivity contribution in [1.29, 1.82) is 0 Å². The summed E-state index contributed by atoms with van der Waals surface area (Å²) in [6.07, 6.45) is 2.25. The van der Waals surface area contributed by atoms with E-state index in [9.17, 15) is 14.0 Å². The van der Waals surface area contributed by atoms with E-state index in [1.807, 2.05) is 13.0 Å². The van der Waals surface area contributed by atoms with Gasteiger partial charge in [0.05, 0.1) is 22.4 Å². The van der Waals surface area contributed by atoms with E-state index in [-0.39, 0.29) is 11.6 Å². The van der Waals surface area contributed by atoms with Gasteiger partial charge in [-0.3, -0.25) is 9.59 Å². The second-order valence-electron chi connectivity index (χ2n) is 5.61. The molecule has 7 heteroatoms. The SMILES string of the molecule is CCc1ccc(C(=O)Nc2ccc(F)c(NC(=O)c3ccoc3C)c2)s1. The molecule has 2 amide bonds. The Hall–Kier alpha value is -2.93. The van der Waals surface area contributed by atoms with Crippen LogP contribution in [0.25, 0.3) is 0 Å². The zero-order chi connectivity index (χ0) is 18.7. The van der Waals surface area contributed by atoms with Crippen molar-refractivity contribution >= 4 is 34.5 Å². The minimum atomic E-state index is -0.595. The van der Waals surface area contributed by atoms with Crippen molar-refractivity contribution in [1.82, 2.24) is 0 Å². The van der Waals surface area contributed by atoms with Crippen molar-refractivity contribution in [2.75, 3.05) is 10.6 Å². The van der Waals surface area contributed by atoms with Gasteiger partial charge in [0.1, 0.15) is 11.6 Å². The van der Waals surface area contributed by atoms with E-state index in [4.69, 9.17) is 4.42 Å². The quantitative estimate of drug-likeness (QED) is 0.672. The third kappa shape index (κ3) is 3.83. The number of rotatable bonds is 5. The first-order chi connectivity index (χ1) is 12.5. The molecule has 2 heterocycles. The topological polar surface area (TPSA) is 71.3 Å². The summed E-state index contributed by atoms with van der Waals surface area (Å²) in [5.74, 6) is -0.910. The largest absolute Gasteiger partial charge is 0.469 e. The van der Waals surface area contributed by atoms with E-state index in [2.05, 4.69) is 10.6 Å². The molecule has 0 unspecified atom stereocenters. The predicted molar refractivity (Wildman–Crippen MR) is 99.4 cm³/mol. The second kappa shape index (κ2) is 7.53. The minimum absolute atomic E-state index is 0.0196. The third-order valence-electron chi connectivity index (χ3n) is 3.81. The summed E-state index contributed by atoms with van der Waals surface area (Å²) in [6.45, 7) is 3.66. The zero-order valence-corrected chi connectivity index (χ0v) is 15.1. The fourth-order valence-electron chi connectivity index (χ4n) is 2.39. The van der Waals surface area contributed by atoms with Crippen molar-refractivity contribution < 1.29 is 18.4 Å². The summed E-state index contributed by atoms with van der Waals surface area (Å²) in [6, 6.07) is 9.20. The number of carbonyl (C=O) groups is 2. The maximum atomic E-state index is 14.0. The molecule has 0 saturated carbocycles. The fraction of sp³-hybridized carbons (Fsp3) is 0.158. The van der Waals surface area contributed by atoms with Crippen LogP contribution in [0.2, 0.25) is 0 Å². The number of halogens is 1. The average Bonchev–Trinajstić information content (AvgIpc) is 3.26. The number of carbonyl (C=O) groups excluding carboxylic acids is 2. The van der Waals surface area contributed by atoms with E-state index in [1.54, 1.807) is 13.0 Å². The Morgan fingerprint density at radius 1 is 1.12 bits per heavy atom. The maximum Gasteiger partial charge on any atom is 0.265 e. The van der Waals surface area contributed by atoms with E-state index in [0.717, 1.165) is 11.3 Å². The molecule has 0 saturated heterocycles. The molecular formula is C19H17FN2O3S. The Labute approximate surface area is 153 Å².